The summed E-state index contributed by atoms with van der Waals surface area (Å²) in [5, 5.41) is 20.8. The van der Waals surface area contributed by atoms with Crippen LogP contribution in [0.1, 0.15) is 0 Å². The summed E-state index contributed by atoms with van der Waals surface area (Å²) in [6, 6.07) is 4.04. The van der Waals surface area contributed by atoms with Crippen LogP contribution in [0.3, 0.4) is 0 Å². The number of carbonyl (C=O) groups excluding carboxylic acids is 1. The molecule has 0 fully saturated rings. The summed E-state index contributed by atoms with van der Waals surface area (Å²) in [7, 11) is 0. The zero-order valence-electron chi connectivity index (χ0n) is 6.44. The Bertz CT molecular complexity index is 134. The summed E-state index contributed by atoms with van der Waals surface area (Å²) in [6.07, 6.45) is -2.33. The summed E-state index contributed by atoms with van der Waals surface area (Å²) in [4.78, 5) is 8.33. The minimum Gasteiger partial charge on any atom is -0.652 e. The molecule has 11 heavy (non-hydrogen) atoms. The smallest absolute Gasteiger partial charge is 0.652 e. The Hall–Kier alpha value is 0.970. The molecule has 0 bridgehead atoms. The molecule has 0 aromatic carbocycles. The van der Waals surface area contributed by atoms with Gasteiger partial charge in [0.2, 0.25) is 0 Å². The Morgan fingerprint density at radius 1 is 1.09 bits per heavy atom. The van der Waals surface area contributed by atoms with E-state index in [9.17, 15) is 0 Å². The van der Waals surface area contributed by atoms with E-state index in [1.807, 2.05) is 22.9 Å². The zero-order valence-corrected chi connectivity index (χ0v) is 11.3. The molecule has 0 N–H and O–H groups in total. The van der Waals surface area contributed by atoms with E-state index in [0.29, 0.717) is 0 Å². The largest absolute Gasteiger partial charge is 1.00 e. The van der Waals surface area contributed by atoms with Crippen molar-refractivity contribution in [2.75, 3.05) is 0 Å². The standard InChI is InChI=1S/C4H4S.CH2O3.2Na/c1-2-4-5-3-1;2-1(3)4;;/h1-4H;(H2,2,3,4);;/q;;2*+1/p-2. The van der Waals surface area contributed by atoms with Gasteiger partial charge in [-0.1, -0.05) is 12.1 Å². The maximum Gasteiger partial charge on any atom is 1.00 e. The molecular weight excluding hydrogens is 186 g/mol. The molecule has 0 saturated carbocycles. The van der Waals surface area contributed by atoms with Crippen LogP contribution >= 0.6 is 11.3 Å². The molecule has 0 spiro atoms. The third-order valence-electron chi connectivity index (χ3n) is 0.425. The second kappa shape index (κ2) is 13.6. The van der Waals surface area contributed by atoms with Crippen LogP contribution in [0.25, 0.3) is 0 Å². The first-order valence-corrected chi connectivity index (χ1v) is 3.03. The van der Waals surface area contributed by atoms with Gasteiger partial charge in [-0.2, -0.15) is 11.3 Å². The minimum absolute atomic E-state index is 0. The molecular formula is C5H4Na2O3S. The maximum absolute atomic E-state index is 8.33. The third kappa shape index (κ3) is 24.8. The van der Waals surface area contributed by atoms with Gasteiger partial charge >= 0.3 is 59.1 Å². The molecule has 0 saturated heterocycles. The summed E-state index contributed by atoms with van der Waals surface area (Å²) < 4.78 is 0. The predicted molar refractivity (Wildman–Crippen MR) is 29.7 cm³/mol. The Morgan fingerprint density at radius 2 is 1.36 bits per heavy atom. The Kier molecular flexibility index (Phi) is 22.1. The van der Waals surface area contributed by atoms with Gasteiger partial charge in [-0.15, -0.1) is 0 Å². The van der Waals surface area contributed by atoms with Gasteiger partial charge in [0.1, 0.15) is 0 Å². The first-order valence-electron chi connectivity index (χ1n) is 2.08. The topological polar surface area (TPSA) is 63.2 Å². The van der Waals surface area contributed by atoms with E-state index in [-0.39, 0.29) is 59.1 Å². The Balaban J connectivity index is -0.000000101. The normalized spacial score (nSPS) is 5.82. The van der Waals surface area contributed by atoms with Gasteiger partial charge in [0, 0.05) is 0 Å². The van der Waals surface area contributed by atoms with E-state index in [0.717, 1.165) is 0 Å². The molecule has 0 radical (unpaired) electrons. The van der Waals surface area contributed by atoms with E-state index >= 15 is 0 Å². The molecule has 1 aromatic heterocycles. The molecule has 0 aliphatic carbocycles. The second-order valence-corrected chi connectivity index (χ2v) is 1.86. The van der Waals surface area contributed by atoms with Gasteiger partial charge in [-0.05, 0) is 16.9 Å². The van der Waals surface area contributed by atoms with Crippen LogP contribution in [-0.4, -0.2) is 6.16 Å². The molecule has 0 aliphatic heterocycles. The first-order chi connectivity index (χ1) is 4.23. The van der Waals surface area contributed by atoms with Crippen molar-refractivity contribution in [1.29, 1.82) is 0 Å². The number of hydrogen-bond acceptors (Lipinski definition) is 4. The molecule has 6 heteroatoms. The predicted octanol–water partition coefficient (Wildman–Crippen LogP) is -6.69. The third-order valence-corrected chi connectivity index (χ3v) is 1.05. The van der Waals surface area contributed by atoms with Crippen molar-refractivity contribution >= 4 is 17.5 Å². The van der Waals surface area contributed by atoms with Crippen molar-refractivity contribution < 1.29 is 74.1 Å². The van der Waals surface area contributed by atoms with Crippen molar-refractivity contribution in [3.63, 3.8) is 0 Å². The van der Waals surface area contributed by atoms with Gasteiger partial charge in [0.15, 0.2) is 0 Å². The summed E-state index contributed by atoms with van der Waals surface area (Å²) in [6.45, 7) is 0. The van der Waals surface area contributed by atoms with Crippen molar-refractivity contribution in [3.8, 4) is 0 Å². The monoisotopic (exact) mass is 190 g/mol. The Labute approximate surface area is 113 Å². The van der Waals surface area contributed by atoms with E-state index < -0.39 is 6.16 Å². The molecule has 0 aliphatic rings. The SMILES string of the molecule is O=C([O-])[O-].[Na+].[Na+].c1ccsc1. The fraction of sp³-hybridized carbons (Fsp3) is 0. The number of rotatable bonds is 0. The zero-order chi connectivity index (χ0) is 7.11. The van der Waals surface area contributed by atoms with Crippen LogP contribution < -0.4 is 69.3 Å². The minimum atomic E-state index is -2.33. The van der Waals surface area contributed by atoms with Gasteiger partial charge in [0.25, 0.3) is 0 Å². The summed E-state index contributed by atoms with van der Waals surface area (Å²) >= 11 is 1.71. The number of carbonyl (C=O) groups is 1. The quantitative estimate of drug-likeness (QED) is 0.382. The van der Waals surface area contributed by atoms with Crippen LogP contribution in [-0.2, 0) is 0 Å². The molecule has 50 valence electrons. The number of thiophene rings is 1. The molecule has 1 aromatic rings. The average molecular weight is 190 g/mol. The van der Waals surface area contributed by atoms with Gasteiger partial charge < -0.3 is 15.0 Å². The van der Waals surface area contributed by atoms with Crippen LogP contribution in [0, 0.1) is 0 Å². The summed E-state index contributed by atoms with van der Waals surface area (Å²) in [5.74, 6) is 0. The van der Waals surface area contributed by atoms with E-state index in [1.54, 1.807) is 11.3 Å². The maximum atomic E-state index is 8.33. The Morgan fingerprint density at radius 3 is 1.45 bits per heavy atom. The van der Waals surface area contributed by atoms with Crippen LogP contribution in [0.5, 0.6) is 0 Å². The number of hydrogen-bond donors (Lipinski definition) is 0. The molecule has 0 atom stereocenters. The molecule has 3 nitrogen and oxygen atoms in total. The van der Waals surface area contributed by atoms with E-state index in [4.69, 9.17) is 15.0 Å². The van der Waals surface area contributed by atoms with E-state index in [2.05, 4.69) is 0 Å². The number of carboxylic acid groups (broad SMARTS) is 2. The van der Waals surface area contributed by atoms with Crippen molar-refractivity contribution in [1.82, 2.24) is 0 Å². The second-order valence-electron chi connectivity index (χ2n) is 1.04. The first kappa shape index (κ1) is 17.9. The van der Waals surface area contributed by atoms with Crippen LogP contribution in [0.2, 0.25) is 0 Å². The van der Waals surface area contributed by atoms with Crippen LogP contribution in [0.15, 0.2) is 22.9 Å². The van der Waals surface area contributed by atoms with Gasteiger partial charge in [-0.3, -0.25) is 0 Å². The molecule has 1 heterocycles. The average Bonchev–Trinajstić information content (AvgIpc) is 2.11. The fourth-order valence-electron chi connectivity index (χ4n) is 0.227. The van der Waals surface area contributed by atoms with Gasteiger partial charge in [0.05, 0.1) is 0 Å². The van der Waals surface area contributed by atoms with Crippen molar-refractivity contribution in [2.45, 2.75) is 0 Å². The van der Waals surface area contributed by atoms with Crippen molar-refractivity contribution in [3.05, 3.63) is 22.9 Å². The molecule has 1 rings (SSSR count). The summed E-state index contributed by atoms with van der Waals surface area (Å²) in [5.41, 5.74) is 0. The van der Waals surface area contributed by atoms with Crippen LogP contribution in [0.4, 0.5) is 4.79 Å². The molecule has 0 unspecified atom stereocenters. The van der Waals surface area contributed by atoms with Crippen molar-refractivity contribution in [2.24, 2.45) is 0 Å². The van der Waals surface area contributed by atoms with E-state index in [1.165, 1.54) is 0 Å². The van der Waals surface area contributed by atoms with Gasteiger partial charge in [-0.25, -0.2) is 0 Å². The fourth-order valence-corrected chi connectivity index (χ4v) is 0.680. The molecule has 0 amide bonds.